The topological polar surface area (TPSA) is 61.0 Å². The van der Waals surface area contributed by atoms with Crippen LogP contribution in [-0.4, -0.2) is 15.2 Å². The number of thiocarbonyl (C=S) groups is 1. The number of hydrogen-bond donors (Lipinski definition) is 1. The summed E-state index contributed by atoms with van der Waals surface area (Å²) in [5.41, 5.74) is 7.41. The Balaban J connectivity index is 2.31. The fourth-order valence-corrected chi connectivity index (χ4v) is 1.79. The average molecular weight is 273 g/mol. The number of nitrogens with two attached hydrogens (primary N) is 1. The highest BCUT2D eigenvalue weighted by molar-refractivity contribution is 7.80. The van der Waals surface area contributed by atoms with Crippen molar-refractivity contribution in [3.8, 4) is 11.6 Å². The summed E-state index contributed by atoms with van der Waals surface area (Å²) in [6.45, 7) is 4.25. The van der Waals surface area contributed by atoms with Crippen molar-refractivity contribution in [2.75, 3.05) is 0 Å². The van der Waals surface area contributed by atoms with Gasteiger partial charge in [-0.2, -0.15) is 5.10 Å². The molecule has 0 spiro atoms. The minimum Gasteiger partial charge on any atom is -0.437 e. The third kappa shape index (κ3) is 3.26. The molecule has 0 aliphatic rings. The van der Waals surface area contributed by atoms with E-state index >= 15 is 0 Å². The molecule has 19 heavy (non-hydrogen) atoms. The maximum absolute atomic E-state index is 5.72. The lowest BCUT2D eigenvalue weighted by Gasteiger charge is -2.10. The number of ether oxygens (including phenoxy) is 1. The van der Waals surface area contributed by atoms with Gasteiger partial charge in [-0.25, -0.2) is 0 Å². The summed E-state index contributed by atoms with van der Waals surface area (Å²) < 4.78 is 5.72. The monoisotopic (exact) mass is 273 g/mol. The highest BCUT2D eigenvalue weighted by atomic mass is 32.1. The van der Waals surface area contributed by atoms with Crippen LogP contribution in [0.25, 0.3) is 0 Å². The van der Waals surface area contributed by atoms with Crippen LogP contribution in [0.4, 0.5) is 0 Å². The summed E-state index contributed by atoms with van der Waals surface area (Å²) >= 11 is 4.96. The van der Waals surface area contributed by atoms with Crippen LogP contribution in [0.2, 0.25) is 0 Å². The fourth-order valence-electron chi connectivity index (χ4n) is 1.63. The molecule has 0 saturated carbocycles. The van der Waals surface area contributed by atoms with E-state index < -0.39 is 0 Å². The highest BCUT2D eigenvalue weighted by Gasteiger charge is 2.10. The quantitative estimate of drug-likeness (QED) is 0.868. The normalized spacial score (nSPS) is 10.5. The van der Waals surface area contributed by atoms with Crippen LogP contribution in [0.15, 0.2) is 36.5 Å². The zero-order valence-corrected chi connectivity index (χ0v) is 11.6. The van der Waals surface area contributed by atoms with Gasteiger partial charge in [0.05, 0.1) is 11.8 Å². The number of nitrogens with zero attached hydrogens (tertiary/aromatic N) is 2. The summed E-state index contributed by atoms with van der Waals surface area (Å²) in [5.74, 6) is 1.46. The first-order chi connectivity index (χ1) is 9.08. The van der Waals surface area contributed by atoms with Crippen molar-refractivity contribution in [3.63, 3.8) is 0 Å². The molecule has 4 nitrogen and oxygen atoms in total. The van der Waals surface area contributed by atoms with E-state index in [1.165, 1.54) is 11.8 Å². The molecule has 1 aromatic heterocycles. The zero-order valence-electron chi connectivity index (χ0n) is 10.8. The van der Waals surface area contributed by atoms with E-state index in [2.05, 4.69) is 30.1 Å². The number of benzene rings is 1. The molecule has 0 fully saturated rings. The van der Waals surface area contributed by atoms with Crippen molar-refractivity contribution >= 4 is 17.2 Å². The smallest absolute Gasteiger partial charge is 0.249 e. The Labute approximate surface area is 117 Å². The van der Waals surface area contributed by atoms with Gasteiger partial charge in [-0.05, 0) is 29.7 Å². The van der Waals surface area contributed by atoms with Gasteiger partial charge in [-0.15, -0.1) is 5.10 Å². The predicted octanol–water partition coefficient (Wildman–Crippen LogP) is 3.03. The maximum atomic E-state index is 5.72. The van der Waals surface area contributed by atoms with Crippen LogP contribution in [0.3, 0.4) is 0 Å². The summed E-state index contributed by atoms with van der Waals surface area (Å²) in [5, 5.41) is 7.72. The molecule has 1 aromatic carbocycles. The maximum Gasteiger partial charge on any atom is 0.249 e. The first-order valence-corrected chi connectivity index (χ1v) is 6.38. The van der Waals surface area contributed by atoms with Gasteiger partial charge < -0.3 is 10.5 Å². The average Bonchev–Trinajstić information content (AvgIpc) is 2.39. The van der Waals surface area contributed by atoms with Crippen LogP contribution in [0.1, 0.15) is 30.9 Å². The minimum absolute atomic E-state index is 0.241. The third-order valence-electron chi connectivity index (χ3n) is 2.69. The van der Waals surface area contributed by atoms with Gasteiger partial charge in [0, 0.05) is 0 Å². The number of rotatable bonds is 4. The van der Waals surface area contributed by atoms with Crippen LogP contribution in [-0.2, 0) is 0 Å². The molecule has 1 heterocycles. The minimum atomic E-state index is 0.241. The van der Waals surface area contributed by atoms with E-state index in [1.807, 2.05) is 18.2 Å². The summed E-state index contributed by atoms with van der Waals surface area (Å²) in [6.07, 6.45) is 1.53. The van der Waals surface area contributed by atoms with E-state index in [4.69, 9.17) is 22.7 Å². The first-order valence-electron chi connectivity index (χ1n) is 5.97. The Morgan fingerprint density at radius 2 is 2.11 bits per heavy atom. The van der Waals surface area contributed by atoms with Crippen LogP contribution in [0.5, 0.6) is 11.6 Å². The van der Waals surface area contributed by atoms with Crippen molar-refractivity contribution in [1.82, 2.24) is 10.2 Å². The van der Waals surface area contributed by atoms with Crippen molar-refractivity contribution in [3.05, 3.63) is 47.7 Å². The molecule has 2 rings (SSSR count). The van der Waals surface area contributed by atoms with Crippen LogP contribution >= 0.6 is 12.2 Å². The van der Waals surface area contributed by atoms with Crippen LogP contribution in [0, 0.1) is 0 Å². The lowest BCUT2D eigenvalue weighted by Crippen LogP contribution is -2.12. The Morgan fingerprint density at radius 1 is 1.32 bits per heavy atom. The molecule has 98 valence electrons. The SMILES string of the molecule is CC(C)c1cccc(Oc2nnccc2C(N)=S)c1. The molecular formula is C14H15N3OS. The van der Waals surface area contributed by atoms with E-state index in [0.29, 0.717) is 23.1 Å². The molecule has 0 unspecified atom stereocenters. The van der Waals surface area contributed by atoms with Gasteiger partial charge >= 0.3 is 0 Å². The lowest BCUT2D eigenvalue weighted by atomic mass is 10.0. The third-order valence-corrected chi connectivity index (χ3v) is 2.91. The lowest BCUT2D eigenvalue weighted by molar-refractivity contribution is 0.453. The van der Waals surface area contributed by atoms with Gasteiger partial charge in [0.25, 0.3) is 0 Å². The molecule has 0 aliphatic carbocycles. The van der Waals surface area contributed by atoms with Gasteiger partial charge in [0.15, 0.2) is 0 Å². The van der Waals surface area contributed by atoms with Gasteiger partial charge in [-0.3, -0.25) is 0 Å². The number of hydrogen-bond acceptors (Lipinski definition) is 4. The van der Waals surface area contributed by atoms with E-state index in [0.717, 1.165) is 0 Å². The molecule has 0 bridgehead atoms. The Hall–Kier alpha value is -2.01. The molecule has 5 heteroatoms. The molecule has 0 aliphatic heterocycles. The second kappa shape index (κ2) is 5.75. The zero-order chi connectivity index (χ0) is 13.8. The second-order valence-corrected chi connectivity index (χ2v) is 4.88. The van der Waals surface area contributed by atoms with E-state index in [1.54, 1.807) is 6.07 Å². The molecular weight excluding hydrogens is 258 g/mol. The summed E-state index contributed by atoms with van der Waals surface area (Å²) in [6, 6.07) is 9.54. The molecule has 2 N–H and O–H groups in total. The molecule has 0 radical (unpaired) electrons. The van der Waals surface area contributed by atoms with Crippen molar-refractivity contribution in [2.24, 2.45) is 5.73 Å². The molecule has 0 saturated heterocycles. The number of aromatic nitrogens is 2. The van der Waals surface area contributed by atoms with Gasteiger partial charge in [-0.1, -0.05) is 38.2 Å². The standard InChI is InChI=1S/C14H15N3OS/c1-9(2)10-4-3-5-11(8-10)18-14-12(13(15)19)6-7-16-17-14/h3-9H,1-2H3,(H2,15,19). The van der Waals surface area contributed by atoms with Gasteiger partial charge in [0.1, 0.15) is 10.7 Å². The first kappa shape index (κ1) is 13.4. The van der Waals surface area contributed by atoms with Crippen LogP contribution < -0.4 is 10.5 Å². The Kier molecular flexibility index (Phi) is 4.06. The summed E-state index contributed by atoms with van der Waals surface area (Å²) in [4.78, 5) is 0.241. The summed E-state index contributed by atoms with van der Waals surface area (Å²) in [7, 11) is 0. The predicted molar refractivity (Wildman–Crippen MR) is 78.5 cm³/mol. The molecule has 0 atom stereocenters. The highest BCUT2D eigenvalue weighted by Crippen LogP contribution is 2.25. The molecule has 0 amide bonds. The van der Waals surface area contributed by atoms with Crippen molar-refractivity contribution < 1.29 is 4.74 Å². The fraction of sp³-hybridized carbons (Fsp3) is 0.214. The Morgan fingerprint density at radius 3 is 2.79 bits per heavy atom. The Bertz CT molecular complexity index is 599. The largest absolute Gasteiger partial charge is 0.437 e. The van der Waals surface area contributed by atoms with E-state index in [9.17, 15) is 0 Å². The van der Waals surface area contributed by atoms with Crippen molar-refractivity contribution in [1.29, 1.82) is 0 Å². The van der Waals surface area contributed by atoms with Gasteiger partial charge in [0.2, 0.25) is 5.88 Å². The van der Waals surface area contributed by atoms with Crippen molar-refractivity contribution in [2.45, 2.75) is 19.8 Å². The van der Waals surface area contributed by atoms with E-state index in [-0.39, 0.29) is 4.99 Å². The molecule has 2 aromatic rings. The second-order valence-electron chi connectivity index (χ2n) is 4.44.